The molecule has 0 saturated heterocycles. The Morgan fingerprint density at radius 3 is 2.44 bits per heavy atom. The van der Waals surface area contributed by atoms with Gasteiger partial charge in [-0.05, 0) is 13.5 Å². The molecule has 0 aromatic heterocycles. The first-order valence-corrected chi connectivity index (χ1v) is 5.01. The van der Waals surface area contributed by atoms with Crippen molar-refractivity contribution < 1.29 is 22.7 Å². The Balaban J connectivity index is 4.00. The molecule has 94 valence electrons. The maximum Gasteiger partial charge on any atom is 0.401 e. The molecule has 0 atom stereocenters. The Hall–Kier alpha value is -1.04. The molecule has 0 aromatic rings. The third-order valence-corrected chi connectivity index (χ3v) is 1.75. The average Bonchev–Trinajstić information content (AvgIpc) is 2.14. The van der Waals surface area contributed by atoms with Gasteiger partial charge in [0.2, 0.25) is 0 Å². The predicted octanol–water partition coefficient (Wildman–Crippen LogP) is 1.99. The van der Waals surface area contributed by atoms with Crippen LogP contribution in [0.15, 0.2) is 12.2 Å². The van der Waals surface area contributed by atoms with Crippen LogP contribution in [0.1, 0.15) is 13.8 Å². The maximum atomic E-state index is 12.0. The van der Waals surface area contributed by atoms with E-state index in [1.54, 1.807) is 13.8 Å². The van der Waals surface area contributed by atoms with Gasteiger partial charge in [0.15, 0.2) is 0 Å². The summed E-state index contributed by atoms with van der Waals surface area (Å²) in [6.45, 7) is 2.92. The highest BCUT2D eigenvalue weighted by Gasteiger charge is 2.29. The first-order chi connectivity index (χ1) is 7.39. The molecule has 0 spiro atoms. The number of esters is 1. The third-order valence-electron chi connectivity index (χ3n) is 1.75. The number of nitrogens with zero attached hydrogens (tertiary/aromatic N) is 1. The van der Waals surface area contributed by atoms with E-state index in [2.05, 4.69) is 4.74 Å². The lowest BCUT2D eigenvalue weighted by Gasteiger charge is -2.19. The lowest BCUT2D eigenvalue weighted by Crippen LogP contribution is -2.34. The smallest absolute Gasteiger partial charge is 0.401 e. The molecule has 0 N–H and O–H groups in total. The minimum atomic E-state index is -4.21. The monoisotopic (exact) mass is 239 g/mol. The van der Waals surface area contributed by atoms with Crippen molar-refractivity contribution in [2.45, 2.75) is 20.0 Å². The van der Waals surface area contributed by atoms with Gasteiger partial charge in [0.05, 0.1) is 13.2 Å². The molecular weight excluding hydrogens is 223 g/mol. The van der Waals surface area contributed by atoms with Gasteiger partial charge in [-0.1, -0.05) is 13.0 Å². The van der Waals surface area contributed by atoms with Crippen LogP contribution in [0.4, 0.5) is 13.2 Å². The second kappa shape index (κ2) is 7.27. The van der Waals surface area contributed by atoms with Gasteiger partial charge in [0.25, 0.3) is 0 Å². The highest BCUT2D eigenvalue weighted by molar-refractivity contribution is 5.81. The summed E-state index contributed by atoms with van der Waals surface area (Å²) in [5.74, 6) is -0.537. The Labute approximate surface area is 92.9 Å². The SMILES string of the molecule is CCOC(=O)/C=C/CN(CC)CC(F)(F)F. The van der Waals surface area contributed by atoms with Crippen LogP contribution in [0, 0.1) is 0 Å². The molecule has 6 heteroatoms. The van der Waals surface area contributed by atoms with Crippen molar-refractivity contribution in [1.82, 2.24) is 4.90 Å². The van der Waals surface area contributed by atoms with E-state index in [1.807, 2.05) is 0 Å². The fraction of sp³-hybridized carbons (Fsp3) is 0.700. The zero-order chi connectivity index (χ0) is 12.6. The van der Waals surface area contributed by atoms with E-state index >= 15 is 0 Å². The van der Waals surface area contributed by atoms with Gasteiger partial charge in [-0.3, -0.25) is 4.90 Å². The fourth-order valence-electron chi connectivity index (χ4n) is 1.05. The van der Waals surface area contributed by atoms with E-state index in [-0.39, 0.29) is 19.7 Å². The molecule has 16 heavy (non-hydrogen) atoms. The van der Waals surface area contributed by atoms with Crippen molar-refractivity contribution in [3.05, 3.63) is 12.2 Å². The topological polar surface area (TPSA) is 29.5 Å². The molecule has 0 radical (unpaired) electrons. The molecule has 0 aliphatic heterocycles. The molecule has 0 heterocycles. The van der Waals surface area contributed by atoms with E-state index < -0.39 is 18.7 Å². The van der Waals surface area contributed by atoms with Crippen LogP contribution in [-0.2, 0) is 9.53 Å². The summed E-state index contributed by atoms with van der Waals surface area (Å²) < 4.78 is 40.7. The number of ether oxygens (including phenoxy) is 1. The lowest BCUT2D eigenvalue weighted by molar-refractivity contribution is -0.144. The van der Waals surface area contributed by atoms with Gasteiger partial charge in [-0.25, -0.2) is 4.79 Å². The summed E-state index contributed by atoms with van der Waals surface area (Å²) in [7, 11) is 0. The number of carbonyl (C=O) groups excluding carboxylic acids is 1. The van der Waals surface area contributed by atoms with Crippen molar-refractivity contribution in [2.75, 3.05) is 26.2 Å². The second-order valence-electron chi connectivity index (χ2n) is 3.10. The van der Waals surface area contributed by atoms with Crippen molar-refractivity contribution in [2.24, 2.45) is 0 Å². The number of hydrogen-bond acceptors (Lipinski definition) is 3. The molecule has 0 amide bonds. The van der Waals surface area contributed by atoms with Gasteiger partial charge in [0, 0.05) is 12.6 Å². The molecule has 0 rings (SSSR count). The predicted molar refractivity (Wildman–Crippen MR) is 53.9 cm³/mol. The Kier molecular flexibility index (Phi) is 6.80. The fourth-order valence-corrected chi connectivity index (χ4v) is 1.05. The average molecular weight is 239 g/mol. The largest absolute Gasteiger partial charge is 0.463 e. The Morgan fingerprint density at radius 2 is 2.00 bits per heavy atom. The van der Waals surface area contributed by atoms with Crippen molar-refractivity contribution >= 4 is 5.97 Å². The zero-order valence-electron chi connectivity index (χ0n) is 9.38. The van der Waals surface area contributed by atoms with E-state index in [9.17, 15) is 18.0 Å². The van der Waals surface area contributed by atoms with Gasteiger partial charge in [-0.2, -0.15) is 13.2 Å². The number of carbonyl (C=O) groups is 1. The summed E-state index contributed by atoms with van der Waals surface area (Å²) >= 11 is 0. The van der Waals surface area contributed by atoms with Crippen molar-refractivity contribution in [3.8, 4) is 0 Å². The number of likely N-dealkylation sites (N-methyl/N-ethyl adjacent to an activating group) is 1. The van der Waals surface area contributed by atoms with E-state index in [1.165, 1.54) is 11.0 Å². The van der Waals surface area contributed by atoms with Gasteiger partial charge in [-0.15, -0.1) is 0 Å². The van der Waals surface area contributed by atoms with Crippen LogP contribution >= 0.6 is 0 Å². The third kappa shape index (κ3) is 8.28. The standard InChI is InChI=1S/C10H16F3NO2/c1-3-14(8-10(11,12)13)7-5-6-9(15)16-4-2/h5-6H,3-4,7-8H2,1-2H3/b6-5+. The zero-order valence-corrected chi connectivity index (χ0v) is 9.38. The summed E-state index contributed by atoms with van der Waals surface area (Å²) in [4.78, 5) is 12.0. The van der Waals surface area contributed by atoms with Crippen LogP contribution in [0.2, 0.25) is 0 Å². The minimum absolute atomic E-state index is 0.0782. The van der Waals surface area contributed by atoms with Gasteiger partial charge < -0.3 is 4.74 Å². The van der Waals surface area contributed by atoms with Gasteiger partial charge >= 0.3 is 12.1 Å². The molecule has 0 saturated carbocycles. The maximum absolute atomic E-state index is 12.0. The number of rotatable bonds is 6. The summed E-state index contributed by atoms with van der Waals surface area (Å²) in [6, 6.07) is 0. The Bertz CT molecular complexity index is 239. The molecule has 0 aliphatic carbocycles. The van der Waals surface area contributed by atoms with Gasteiger partial charge in [0.1, 0.15) is 0 Å². The Morgan fingerprint density at radius 1 is 1.38 bits per heavy atom. The number of alkyl halides is 3. The summed E-state index contributed by atoms with van der Waals surface area (Å²) in [5, 5.41) is 0. The summed E-state index contributed by atoms with van der Waals surface area (Å²) in [6.07, 6.45) is -1.70. The molecule has 3 nitrogen and oxygen atoms in total. The van der Waals surface area contributed by atoms with E-state index in [0.717, 1.165) is 6.08 Å². The van der Waals surface area contributed by atoms with Crippen molar-refractivity contribution in [1.29, 1.82) is 0 Å². The molecule has 0 fully saturated rings. The molecule has 0 aliphatic rings. The highest BCUT2D eigenvalue weighted by Crippen LogP contribution is 2.15. The molecule has 0 bridgehead atoms. The van der Waals surface area contributed by atoms with Crippen LogP contribution in [-0.4, -0.2) is 43.3 Å². The lowest BCUT2D eigenvalue weighted by atomic mass is 10.4. The van der Waals surface area contributed by atoms with Crippen LogP contribution < -0.4 is 0 Å². The first-order valence-electron chi connectivity index (χ1n) is 5.01. The molecular formula is C10H16F3NO2. The normalized spacial score (nSPS) is 12.4. The quantitative estimate of drug-likeness (QED) is 0.524. The molecule has 0 unspecified atom stereocenters. The van der Waals surface area contributed by atoms with Crippen LogP contribution in [0.5, 0.6) is 0 Å². The van der Waals surface area contributed by atoms with Crippen LogP contribution in [0.25, 0.3) is 0 Å². The minimum Gasteiger partial charge on any atom is -0.463 e. The van der Waals surface area contributed by atoms with Crippen molar-refractivity contribution in [3.63, 3.8) is 0 Å². The number of halogens is 3. The van der Waals surface area contributed by atoms with E-state index in [0.29, 0.717) is 0 Å². The number of hydrogen-bond donors (Lipinski definition) is 0. The summed E-state index contributed by atoms with van der Waals surface area (Å²) in [5.41, 5.74) is 0. The van der Waals surface area contributed by atoms with Crippen LogP contribution in [0.3, 0.4) is 0 Å². The second-order valence-corrected chi connectivity index (χ2v) is 3.10. The molecule has 0 aromatic carbocycles. The van der Waals surface area contributed by atoms with E-state index in [4.69, 9.17) is 0 Å². The highest BCUT2D eigenvalue weighted by atomic mass is 19.4. The first kappa shape index (κ1) is 15.0.